The van der Waals surface area contributed by atoms with Crippen molar-refractivity contribution in [3.63, 3.8) is 0 Å². The minimum absolute atomic E-state index is 0.705. The molecule has 3 nitrogen and oxygen atoms in total. The van der Waals surface area contributed by atoms with Gasteiger partial charge in [0.2, 0.25) is 0 Å². The number of benzene rings is 2. The first-order valence-corrected chi connectivity index (χ1v) is 7.06. The van der Waals surface area contributed by atoms with Gasteiger partial charge in [0.15, 0.2) is 0 Å². The predicted molar refractivity (Wildman–Crippen MR) is 85.8 cm³/mol. The maximum Gasteiger partial charge on any atom is 0.127 e. The molecule has 0 aromatic heterocycles. The van der Waals surface area contributed by atoms with Crippen molar-refractivity contribution in [2.75, 3.05) is 18.1 Å². The number of methoxy groups -OCH3 is 2. The summed E-state index contributed by atoms with van der Waals surface area (Å²) in [4.78, 5) is 0. The van der Waals surface area contributed by atoms with Gasteiger partial charge in [0, 0.05) is 33.5 Å². The molecule has 2 aromatic carbocycles. The Bertz CT molecular complexity index is 569. The zero-order valence-electron chi connectivity index (χ0n) is 11.9. The summed E-state index contributed by atoms with van der Waals surface area (Å²) >= 11 is 3.59. The number of nitrogens with zero attached hydrogens (tertiary/aromatic N) is 1. The summed E-state index contributed by atoms with van der Waals surface area (Å²) < 4.78 is 12.6. The highest BCUT2D eigenvalue weighted by atomic mass is 79.9. The lowest BCUT2D eigenvalue weighted by Crippen LogP contribution is -2.10. The van der Waals surface area contributed by atoms with Gasteiger partial charge in [-0.3, -0.25) is 0 Å². The molecule has 4 heteroatoms. The number of aryl methyl sites for hydroxylation is 1. The quantitative estimate of drug-likeness (QED) is 0.759. The number of halogens is 1. The van der Waals surface area contributed by atoms with Crippen molar-refractivity contribution in [1.29, 1.82) is 0 Å². The second kappa shape index (κ2) is 6.66. The lowest BCUT2D eigenvalue weighted by Gasteiger charge is -2.19. The van der Waals surface area contributed by atoms with E-state index in [4.69, 9.17) is 9.47 Å². The number of hydrogen-bond acceptors (Lipinski definition) is 3. The van der Waals surface area contributed by atoms with E-state index in [0.29, 0.717) is 6.54 Å². The molecule has 0 bridgehead atoms. The Kier molecular flexibility index (Phi) is 4.90. The van der Waals surface area contributed by atoms with Gasteiger partial charge in [-0.1, -0.05) is 17.7 Å². The molecule has 0 fully saturated rings. The molecule has 2 rings (SSSR count). The van der Waals surface area contributed by atoms with Crippen LogP contribution in [0, 0.1) is 6.92 Å². The molecule has 0 aliphatic heterocycles. The summed E-state index contributed by atoms with van der Waals surface area (Å²) in [6.07, 6.45) is 0. The van der Waals surface area contributed by atoms with Crippen molar-refractivity contribution in [3.8, 4) is 11.5 Å². The van der Waals surface area contributed by atoms with Crippen LogP contribution in [0.5, 0.6) is 11.5 Å². The van der Waals surface area contributed by atoms with Crippen LogP contribution < -0.4 is 13.4 Å². The van der Waals surface area contributed by atoms with E-state index in [9.17, 15) is 0 Å². The Balaban J connectivity index is 2.18. The van der Waals surface area contributed by atoms with Crippen LogP contribution in [0.1, 0.15) is 11.1 Å². The highest BCUT2D eigenvalue weighted by Gasteiger charge is 2.09. The lowest BCUT2D eigenvalue weighted by atomic mass is 10.1. The van der Waals surface area contributed by atoms with Crippen LogP contribution in [0.15, 0.2) is 42.5 Å². The molecular weight excluding hydrogens is 318 g/mol. The fourth-order valence-corrected chi connectivity index (χ4v) is 2.44. The molecule has 20 heavy (non-hydrogen) atoms. The third-order valence-corrected chi connectivity index (χ3v) is 3.78. The second-order valence-electron chi connectivity index (χ2n) is 4.53. The molecule has 0 spiro atoms. The van der Waals surface area contributed by atoms with Crippen molar-refractivity contribution >= 4 is 21.8 Å². The summed E-state index contributed by atoms with van der Waals surface area (Å²) in [6.45, 7) is 2.78. The van der Waals surface area contributed by atoms with Crippen LogP contribution in [0.2, 0.25) is 0 Å². The van der Waals surface area contributed by atoms with Crippen molar-refractivity contribution in [3.05, 3.63) is 53.6 Å². The van der Waals surface area contributed by atoms with E-state index < -0.39 is 0 Å². The summed E-state index contributed by atoms with van der Waals surface area (Å²) in [5, 5.41) is 0. The van der Waals surface area contributed by atoms with Gasteiger partial charge in [0.05, 0.1) is 20.8 Å². The summed E-state index contributed by atoms with van der Waals surface area (Å²) in [5.41, 5.74) is 3.44. The summed E-state index contributed by atoms with van der Waals surface area (Å²) in [5.74, 6) is 1.61. The van der Waals surface area contributed by atoms with E-state index in [-0.39, 0.29) is 0 Å². The van der Waals surface area contributed by atoms with E-state index in [1.165, 1.54) is 5.56 Å². The molecule has 0 radical (unpaired) electrons. The Morgan fingerprint density at radius 2 is 1.70 bits per heavy atom. The SMILES string of the molecule is COc1ccc(CN(Br)c2ccc(C)cc2)c(OC)c1. The first kappa shape index (κ1) is 14.7. The van der Waals surface area contributed by atoms with Crippen molar-refractivity contribution in [2.45, 2.75) is 13.5 Å². The minimum Gasteiger partial charge on any atom is -0.497 e. The number of hydrogen-bond donors (Lipinski definition) is 0. The van der Waals surface area contributed by atoms with E-state index >= 15 is 0 Å². The highest BCUT2D eigenvalue weighted by Crippen LogP contribution is 2.28. The minimum atomic E-state index is 0.705. The highest BCUT2D eigenvalue weighted by molar-refractivity contribution is 9.10. The maximum absolute atomic E-state index is 5.42. The smallest absolute Gasteiger partial charge is 0.127 e. The standard InChI is InChI=1S/C16H18BrNO2/c1-12-4-7-14(8-5-12)18(17)11-13-6-9-15(19-2)10-16(13)20-3/h4-10H,11H2,1-3H3. The van der Waals surface area contributed by atoms with Crippen LogP contribution in [-0.2, 0) is 6.54 Å². The van der Waals surface area contributed by atoms with Gasteiger partial charge >= 0.3 is 0 Å². The van der Waals surface area contributed by atoms with Gasteiger partial charge in [-0.2, -0.15) is 0 Å². The average molecular weight is 336 g/mol. The molecule has 0 unspecified atom stereocenters. The Morgan fingerprint density at radius 3 is 2.30 bits per heavy atom. The largest absolute Gasteiger partial charge is 0.497 e. The third-order valence-electron chi connectivity index (χ3n) is 3.12. The zero-order chi connectivity index (χ0) is 14.5. The monoisotopic (exact) mass is 335 g/mol. The van der Waals surface area contributed by atoms with Crippen LogP contribution in [0.25, 0.3) is 0 Å². The molecule has 0 aliphatic carbocycles. The Morgan fingerprint density at radius 1 is 1.00 bits per heavy atom. The molecule has 106 valence electrons. The van der Waals surface area contributed by atoms with E-state index in [2.05, 4.69) is 47.3 Å². The van der Waals surface area contributed by atoms with Gasteiger partial charge in [-0.15, -0.1) is 0 Å². The fraction of sp³-hybridized carbons (Fsp3) is 0.250. The molecule has 0 aliphatic rings. The molecule has 0 atom stereocenters. The van der Waals surface area contributed by atoms with Crippen molar-refractivity contribution < 1.29 is 9.47 Å². The van der Waals surface area contributed by atoms with E-state index in [1.807, 2.05) is 22.1 Å². The summed E-state index contributed by atoms with van der Waals surface area (Å²) in [6, 6.07) is 14.2. The number of rotatable bonds is 5. The normalized spacial score (nSPS) is 10.2. The second-order valence-corrected chi connectivity index (χ2v) is 5.39. The van der Waals surface area contributed by atoms with Crippen LogP contribution in [0.4, 0.5) is 5.69 Å². The van der Waals surface area contributed by atoms with Gasteiger partial charge in [-0.25, -0.2) is 0 Å². The van der Waals surface area contributed by atoms with Gasteiger partial charge in [0.1, 0.15) is 11.5 Å². The first-order chi connectivity index (χ1) is 9.63. The molecular formula is C16H18BrNO2. The van der Waals surface area contributed by atoms with E-state index in [1.54, 1.807) is 14.2 Å². The topological polar surface area (TPSA) is 21.7 Å². The van der Waals surface area contributed by atoms with Gasteiger partial charge < -0.3 is 13.4 Å². The summed E-state index contributed by atoms with van der Waals surface area (Å²) in [7, 11) is 3.32. The number of ether oxygens (including phenoxy) is 2. The average Bonchev–Trinajstić information content (AvgIpc) is 2.48. The Hall–Kier alpha value is -1.68. The third kappa shape index (κ3) is 3.45. The maximum atomic E-state index is 5.42. The van der Waals surface area contributed by atoms with Gasteiger partial charge in [-0.05, 0) is 31.2 Å². The zero-order valence-corrected chi connectivity index (χ0v) is 13.5. The molecule has 2 aromatic rings. The lowest BCUT2D eigenvalue weighted by molar-refractivity contribution is 0.391. The van der Waals surface area contributed by atoms with E-state index in [0.717, 1.165) is 22.7 Å². The van der Waals surface area contributed by atoms with Crippen molar-refractivity contribution in [1.82, 2.24) is 0 Å². The van der Waals surface area contributed by atoms with Gasteiger partial charge in [0.25, 0.3) is 0 Å². The molecule has 0 N–H and O–H groups in total. The number of anilines is 1. The molecule has 0 heterocycles. The fourth-order valence-electron chi connectivity index (χ4n) is 1.93. The Labute approximate surface area is 128 Å². The molecule has 0 amide bonds. The van der Waals surface area contributed by atoms with Crippen LogP contribution >= 0.6 is 16.1 Å². The van der Waals surface area contributed by atoms with Crippen LogP contribution in [0.3, 0.4) is 0 Å². The molecule has 0 saturated carbocycles. The molecule has 0 saturated heterocycles. The van der Waals surface area contributed by atoms with Crippen molar-refractivity contribution in [2.24, 2.45) is 0 Å². The predicted octanol–water partition coefficient (Wildman–Crippen LogP) is 4.33. The van der Waals surface area contributed by atoms with Crippen LogP contribution in [-0.4, -0.2) is 14.2 Å². The first-order valence-electron chi connectivity index (χ1n) is 6.35.